The van der Waals surface area contributed by atoms with Crippen molar-refractivity contribution < 1.29 is 9.53 Å². The zero-order chi connectivity index (χ0) is 19.1. The third-order valence-electron chi connectivity index (χ3n) is 3.85. The first-order valence-corrected chi connectivity index (χ1v) is 8.52. The van der Waals surface area contributed by atoms with Crippen LogP contribution in [0.3, 0.4) is 0 Å². The highest BCUT2D eigenvalue weighted by Gasteiger charge is 2.11. The van der Waals surface area contributed by atoms with Gasteiger partial charge in [-0.05, 0) is 30.5 Å². The molecule has 0 fully saturated rings. The van der Waals surface area contributed by atoms with Gasteiger partial charge in [0.05, 0.1) is 12.3 Å². The molecule has 1 heterocycles. The van der Waals surface area contributed by atoms with Crippen LogP contribution >= 0.6 is 0 Å². The van der Waals surface area contributed by atoms with E-state index in [1.807, 2.05) is 23.2 Å². The average molecular weight is 365 g/mol. The van der Waals surface area contributed by atoms with E-state index in [-0.39, 0.29) is 5.69 Å². The molecule has 3 aromatic rings. The van der Waals surface area contributed by atoms with Crippen molar-refractivity contribution in [3.63, 3.8) is 0 Å². The monoisotopic (exact) mass is 365 g/mol. The minimum absolute atomic E-state index is 0.123. The van der Waals surface area contributed by atoms with Crippen molar-refractivity contribution in [2.75, 3.05) is 11.9 Å². The van der Waals surface area contributed by atoms with E-state index in [4.69, 9.17) is 4.74 Å². The number of hydrogen-bond donors (Lipinski definition) is 3. The number of aromatic amines is 2. The number of aryl methyl sites for hydroxylation is 1. The van der Waals surface area contributed by atoms with Gasteiger partial charge in [0, 0.05) is 6.07 Å². The Kier molecular flexibility index (Phi) is 5.84. The standard InChI is InChI=1S/C20H19N3O4/c24-18-13-16(22-20(26)23-18)19(25)21-15-10-4-5-11-17(15)27-12-6-9-14-7-2-1-3-8-14/h1-5,7-8,10-11,13H,6,9,12H2,(H,21,25)(H2,22,23,24,26). The maximum absolute atomic E-state index is 12.3. The highest BCUT2D eigenvalue weighted by molar-refractivity contribution is 6.03. The van der Waals surface area contributed by atoms with Gasteiger partial charge in [0.25, 0.3) is 11.5 Å². The van der Waals surface area contributed by atoms with E-state index in [2.05, 4.69) is 22.4 Å². The maximum atomic E-state index is 12.3. The Morgan fingerprint density at radius 1 is 0.963 bits per heavy atom. The zero-order valence-corrected chi connectivity index (χ0v) is 14.5. The number of H-pyrrole nitrogens is 2. The molecule has 0 aliphatic carbocycles. The zero-order valence-electron chi connectivity index (χ0n) is 14.5. The van der Waals surface area contributed by atoms with Crippen LogP contribution in [-0.2, 0) is 6.42 Å². The number of carbonyl (C=O) groups excluding carboxylic acids is 1. The Morgan fingerprint density at radius 2 is 1.70 bits per heavy atom. The number of para-hydroxylation sites is 2. The van der Waals surface area contributed by atoms with Crippen molar-refractivity contribution in [3.05, 3.63) is 92.8 Å². The molecule has 7 heteroatoms. The molecule has 0 saturated heterocycles. The predicted octanol–water partition coefficient (Wildman–Crippen LogP) is 2.33. The van der Waals surface area contributed by atoms with E-state index < -0.39 is 17.2 Å². The lowest BCUT2D eigenvalue weighted by molar-refractivity contribution is 0.102. The van der Waals surface area contributed by atoms with Gasteiger partial charge in [0.15, 0.2) is 0 Å². The molecule has 0 bridgehead atoms. The van der Waals surface area contributed by atoms with Gasteiger partial charge >= 0.3 is 5.69 Å². The number of aromatic nitrogens is 2. The maximum Gasteiger partial charge on any atom is 0.326 e. The topological polar surface area (TPSA) is 104 Å². The normalized spacial score (nSPS) is 10.4. The lowest BCUT2D eigenvalue weighted by Crippen LogP contribution is -2.27. The summed E-state index contributed by atoms with van der Waals surface area (Å²) in [6, 6.07) is 18.1. The van der Waals surface area contributed by atoms with Gasteiger partial charge < -0.3 is 15.0 Å². The Labute approximate surface area is 155 Å². The summed E-state index contributed by atoms with van der Waals surface area (Å²) in [7, 11) is 0. The highest BCUT2D eigenvalue weighted by atomic mass is 16.5. The van der Waals surface area contributed by atoms with E-state index >= 15 is 0 Å². The Balaban J connectivity index is 1.62. The van der Waals surface area contributed by atoms with E-state index in [0.717, 1.165) is 18.9 Å². The second kappa shape index (κ2) is 8.66. The van der Waals surface area contributed by atoms with Gasteiger partial charge in [0.1, 0.15) is 11.4 Å². The summed E-state index contributed by atoms with van der Waals surface area (Å²) in [5, 5.41) is 2.65. The predicted molar refractivity (Wildman–Crippen MR) is 102 cm³/mol. The Morgan fingerprint density at radius 3 is 2.48 bits per heavy atom. The van der Waals surface area contributed by atoms with Crippen molar-refractivity contribution in [1.82, 2.24) is 9.97 Å². The van der Waals surface area contributed by atoms with Gasteiger partial charge in [-0.3, -0.25) is 14.6 Å². The van der Waals surface area contributed by atoms with Crippen LogP contribution in [0, 0.1) is 0 Å². The molecule has 7 nitrogen and oxygen atoms in total. The smallest absolute Gasteiger partial charge is 0.326 e. The fourth-order valence-corrected chi connectivity index (χ4v) is 2.58. The molecule has 2 aromatic carbocycles. The molecule has 0 spiro atoms. The van der Waals surface area contributed by atoms with Crippen LogP contribution < -0.4 is 21.3 Å². The van der Waals surface area contributed by atoms with Crippen molar-refractivity contribution in [2.24, 2.45) is 0 Å². The van der Waals surface area contributed by atoms with Gasteiger partial charge in [-0.1, -0.05) is 42.5 Å². The fraction of sp³-hybridized carbons (Fsp3) is 0.150. The van der Waals surface area contributed by atoms with Crippen molar-refractivity contribution in [1.29, 1.82) is 0 Å². The second-order valence-electron chi connectivity index (χ2n) is 5.89. The summed E-state index contributed by atoms with van der Waals surface area (Å²) in [4.78, 5) is 39.3. The molecule has 0 radical (unpaired) electrons. The molecule has 1 aromatic heterocycles. The molecular formula is C20H19N3O4. The van der Waals surface area contributed by atoms with Gasteiger partial charge in [-0.15, -0.1) is 0 Å². The second-order valence-corrected chi connectivity index (χ2v) is 5.89. The summed E-state index contributed by atoms with van der Waals surface area (Å²) in [6.45, 7) is 0.490. The minimum Gasteiger partial charge on any atom is -0.491 e. The Bertz CT molecular complexity index is 997. The van der Waals surface area contributed by atoms with Crippen molar-refractivity contribution in [2.45, 2.75) is 12.8 Å². The summed E-state index contributed by atoms with van der Waals surface area (Å²) >= 11 is 0. The molecule has 3 rings (SSSR count). The van der Waals surface area contributed by atoms with Crippen LogP contribution in [0.25, 0.3) is 0 Å². The summed E-state index contributed by atoms with van der Waals surface area (Å²) < 4.78 is 5.79. The number of ether oxygens (including phenoxy) is 1. The van der Waals surface area contributed by atoms with Crippen LogP contribution in [0.15, 0.2) is 70.3 Å². The summed E-state index contributed by atoms with van der Waals surface area (Å²) in [5.74, 6) is -0.0790. The molecule has 0 aliphatic heterocycles. The first kappa shape index (κ1) is 18.2. The lowest BCUT2D eigenvalue weighted by Gasteiger charge is -2.12. The molecule has 0 atom stereocenters. The molecule has 0 unspecified atom stereocenters. The van der Waals surface area contributed by atoms with E-state index in [1.54, 1.807) is 24.3 Å². The number of carbonyl (C=O) groups is 1. The van der Waals surface area contributed by atoms with Crippen molar-refractivity contribution >= 4 is 11.6 Å². The van der Waals surface area contributed by atoms with Crippen LogP contribution in [-0.4, -0.2) is 22.5 Å². The molecule has 3 N–H and O–H groups in total. The number of benzene rings is 2. The molecule has 138 valence electrons. The minimum atomic E-state index is -0.738. The number of rotatable bonds is 7. The first-order chi connectivity index (χ1) is 13.1. The highest BCUT2D eigenvalue weighted by Crippen LogP contribution is 2.24. The van der Waals surface area contributed by atoms with Gasteiger partial charge in [-0.25, -0.2) is 4.79 Å². The molecule has 1 amide bonds. The molecule has 0 aliphatic rings. The summed E-state index contributed by atoms with van der Waals surface area (Å²) in [6.07, 6.45) is 1.72. The SMILES string of the molecule is O=C(Nc1ccccc1OCCCc1ccccc1)c1cc(=O)[nH]c(=O)[nH]1. The molecule has 27 heavy (non-hydrogen) atoms. The van der Waals surface area contributed by atoms with Crippen molar-refractivity contribution in [3.8, 4) is 5.75 Å². The first-order valence-electron chi connectivity index (χ1n) is 8.52. The number of hydrogen-bond acceptors (Lipinski definition) is 4. The Hall–Kier alpha value is -3.61. The number of amides is 1. The third kappa shape index (κ3) is 5.18. The van der Waals surface area contributed by atoms with Crippen LogP contribution in [0.4, 0.5) is 5.69 Å². The third-order valence-corrected chi connectivity index (χ3v) is 3.85. The van der Waals surface area contributed by atoms with Crippen LogP contribution in [0.1, 0.15) is 22.5 Å². The number of anilines is 1. The van der Waals surface area contributed by atoms with E-state index in [9.17, 15) is 14.4 Å². The van der Waals surface area contributed by atoms with Gasteiger partial charge in [0.2, 0.25) is 0 Å². The molecular weight excluding hydrogens is 346 g/mol. The number of nitrogens with one attached hydrogen (secondary N) is 3. The van der Waals surface area contributed by atoms with Crippen LogP contribution in [0.2, 0.25) is 0 Å². The average Bonchev–Trinajstić information content (AvgIpc) is 2.66. The summed E-state index contributed by atoms with van der Waals surface area (Å²) in [5.41, 5.74) is 0.194. The quantitative estimate of drug-likeness (QED) is 0.559. The van der Waals surface area contributed by atoms with E-state index in [1.165, 1.54) is 5.56 Å². The van der Waals surface area contributed by atoms with Crippen LogP contribution in [0.5, 0.6) is 5.75 Å². The fourth-order valence-electron chi connectivity index (χ4n) is 2.58. The van der Waals surface area contributed by atoms with Gasteiger partial charge in [-0.2, -0.15) is 0 Å². The lowest BCUT2D eigenvalue weighted by atomic mass is 10.1. The largest absolute Gasteiger partial charge is 0.491 e. The molecule has 0 saturated carbocycles. The van der Waals surface area contributed by atoms with E-state index in [0.29, 0.717) is 18.0 Å².